The molecule has 0 spiro atoms. The Morgan fingerprint density at radius 1 is 1.09 bits per heavy atom. The van der Waals surface area contributed by atoms with Crippen LogP contribution in [0.3, 0.4) is 0 Å². The van der Waals surface area contributed by atoms with Crippen molar-refractivity contribution in [2.45, 2.75) is 6.92 Å². The predicted molar refractivity (Wildman–Crippen MR) is 90.5 cm³/mol. The first-order chi connectivity index (χ1) is 11.3. The number of rotatable bonds is 4. The van der Waals surface area contributed by atoms with Crippen LogP contribution in [-0.2, 0) is 0 Å². The van der Waals surface area contributed by atoms with Gasteiger partial charge in [0.25, 0.3) is 0 Å². The van der Waals surface area contributed by atoms with E-state index in [1.54, 1.807) is 6.20 Å². The van der Waals surface area contributed by atoms with E-state index in [-0.39, 0.29) is 0 Å². The Kier molecular flexibility index (Phi) is 3.49. The van der Waals surface area contributed by atoms with Gasteiger partial charge in [-0.05, 0) is 31.2 Å². The van der Waals surface area contributed by atoms with Gasteiger partial charge in [-0.3, -0.25) is 4.98 Å². The third-order valence-corrected chi connectivity index (χ3v) is 4.09. The molecule has 0 aliphatic carbocycles. The molecule has 0 amide bonds. The van der Waals surface area contributed by atoms with Crippen LogP contribution < -0.4 is 10.2 Å². The lowest BCUT2D eigenvalue weighted by atomic mass is 10.0. The van der Waals surface area contributed by atoms with Crippen molar-refractivity contribution in [2.75, 3.05) is 29.9 Å². The topological polar surface area (TPSA) is 66.8 Å². The second-order valence-electron chi connectivity index (χ2n) is 5.93. The van der Waals surface area contributed by atoms with Crippen molar-refractivity contribution in [1.82, 2.24) is 20.2 Å². The van der Waals surface area contributed by atoms with Gasteiger partial charge in [-0.1, -0.05) is 12.1 Å². The summed E-state index contributed by atoms with van der Waals surface area (Å²) in [5, 5.41) is 11.7. The number of benzene rings is 1. The molecule has 0 atom stereocenters. The second kappa shape index (κ2) is 5.79. The SMILES string of the molecule is Cc1ccc(N2CC(CNc3cnc4ccccc4n3)C2)nn1. The zero-order chi connectivity index (χ0) is 15.6. The van der Waals surface area contributed by atoms with E-state index in [0.29, 0.717) is 5.92 Å². The molecule has 1 aliphatic rings. The standard InChI is InChI=1S/C17H18N6/c1-12-6-7-17(22-21-12)23-10-13(11-23)8-19-16-9-18-14-4-2-3-5-15(14)20-16/h2-7,9,13H,8,10-11H2,1H3,(H,19,20). The van der Waals surface area contributed by atoms with E-state index < -0.39 is 0 Å². The minimum atomic E-state index is 0.589. The van der Waals surface area contributed by atoms with Crippen LogP contribution in [0.5, 0.6) is 0 Å². The van der Waals surface area contributed by atoms with E-state index in [1.807, 2.05) is 43.3 Å². The zero-order valence-corrected chi connectivity index (χ0v) is 13.0. The average molecular weight is 306 g/mol. The maximum Gasteiger partial charge on any atom is 0.151 e. The number of fused-ring (bicyclic) bond motifs is 1. The molecule has 6 nitrogen and oxygen atoms in total. The van der Waals surface area contributed by atoms with E-state index >= 15 is 0 Å². The fraction of sp³-hybridized carbons (Fsp3) is 0.294. The number of para-hydroxylation sites is 2. The molecule has 1 fully saturated rings. The zero-order valence-electron chi connectivity index (χ0n) is 13.0. The Bertz CT molecular complexity index is 811. The smallest absolute Gasteiger partial charge is 0.151 e. The summed E-state index contributed by atoms with van der Waals surface area (Å²) in [6.07, 6.45) is 1.80. The van der Waals surface area contributed by atoms with Crippen LogP contribution in [0.1, 0.15) is 5.69 Å². The van der Waals surface area contributed by atoms with Crippen molar-refractivity contribution in [3.8, 4) is 0 Å². The summed E-state index contributed by atoms with van der Waals surface area (Å²) in [6, 6.07) is 11.9. The summed E-state index contributed by atoms with van der Waals surface area (Å²) in [4.78, 5) is 11.2. The normalized spacial score (nSPS) is 14.7. The summed E-state index contributed by atoms with van der Waals surface area (Å²) in [5.74, 6) is 2.38. The Balaban J connectivity index is 1.32. The Morgan fingerprint density at radius 2 is 1.91 bits per heavy atom. The van der Waals surface area contributed by atoms with Gasteiger partial charge in [-0.25, -0.2) is 4.98 Å². The number of aromatic nitrogens is 4. The Labute approximate surface area is 134 Å². The quantitative estimate of drug-likeness (QED) is 0.797. The molecule has 0 unspecified atom stereocenters. The number of hydrogen-bond donors (Lipinski definition) is 1. The minimum absolute atomic E-state index is 0.589. The van der Waals surface area contributed by atoms with Crippen molar-refractivity contribution in [1.29, 1.82) is 0 Å². The highest BCUT2D eigenvalue weighted by atomic mass is 15.3. The molecule has 1 aliphatic heterocycles. The molecule has 0 radical (unpaired) electrons. The van der Waals surface area contributed by atoms with Gasteiger partial charge in [0.15, 0.2) is 5.82 Å². The van der Waals surface area contributed by atoms with Gasteiger partial charge < -0.3 is 10.2 Å². The summed E-state index contributed by atoms with van der Waals surface area (Å²) >= 11 is 0. The molecule has 1 saturated heterocycles. The molecule has 3 aromatic rings. The Hall–Kier alpha value is -2.76. The molecule has 0 bridgehead atoms. The molecule has 4 rings (SSSR count). The van der Waals surface area contributed by atoms with Crippen LogP contribution in [0.15, 0.2) is 42.6 Å². The van der Waals surface area contributed by atoms with Crippen LogP contribution in [0, 0.1) is 12.8 Å². The van der Waals surface area contributed by atoms with Gasteiger partial charge in [-0.2, -0.15) is 5.10 Å². The third kappa shape index (κ3) is 2.92. The molecule has 0 saturated carbocycles. The molecular formula is C17H18N6. The highest BCUT2D eigenvalue weighted by Gasteiger charge is 2.27. The van der Waals surface area contributed by atoms with Crippen LogP contribution in [0.2, 0.25) is 0 Å². The third-order valence-electron chi connectivity index (χ3n) is 4.09. The summed E-state index contributed by atoms with van der Waals surface area (Å²) in [6.45, 7) is 4.82. The predicted octanol–water partition coefficient (Wildman–Crippen LogP) is 2.28. The molecule has 2 aromatic heterocycles. The van der Waals surface area contributed by atoms with Crippen molar-refractivity contribution in [3.63, 3.8) is 0 Å². The monoisotopic (exact) mass is 306 g/mol. The highest BCUT2D eigenvalue weighted by molar-refractivity contribution is 5.75. The van der Waals surface area contributed by atoms with Crippen LogP contribution in [0.4, 0.5) is 11.6 Å². The first-order valence-electron chi connectivity index (χ1n) is 7.79. The van der Waals surface area contributed by atoms with E-state index in [9.17, 15) is 0 Å². The van der Waals surface area contributed by atoms with Gasteiger partial charge in [0.05, 0.1) is 22.9 Å². The van der Waals surface area contributed by atoms with Gasteiger partial charge >= 0.3 is 0 Å². The molecule has 116 valence electrons. The van der Waals surface area contributed by atoms with Crippen LogP contribution in [0.25, 0.3) is 11.0 Å². The number of anilines is 2. The largest absolute Gasteiger partial charge is 0.368 e. The number of nitrogens with one attached hydrogen (secondary N) is 1. The molecule has 1 aromatic carbocycles. The Morgan fingerprint density at radius 3 is 2.70 bits per heavy atom. The van der Waals surface area contributed by atoms with Crippen molar-refractivity contribution >= 4 is 22.7 Å². The maximum atomic E-state index is 4.58. The van der Waals surface area contributed by atoms with Crippen LogP contribution in [-0.4, -0.2) is 39.8 Å². The van der Waals surface area contributed by atoms with Gasteiger partial charge in [0, 0.05) is 25.6 Å². The van der Waals surface area contributed by atoms with Crippen molar-refractivity contribution in [3.05, 3.63) is 48.3 Å². The molecule has 6 heteroatoms. The summed E-state index contributed by atoms with van der Waals surface area (Å²) < 4.78 is 0. The van der Waals surface area contributed by atoms with Gasteiger partial charge in [-0.15, -0.1) is 5.10 Å². The molecule has 23 heavy (non-hydrogen) atoms. The molecular weight excluding hydrogens is 288 g/mol. The number of hydrogen-bond acceptors (Lipinski definition) is 6. The van der Waals surface area contributed by atoms with Crippen LogP contribution >= 0.6 is 0 Å². The maximum absolute atomic E-state index is 4.58. The number of nitrogens with zero attached hydrogens (tertiary/aromatic N) is 5. The lowest BCUT2D eigenvalue weighted by Gasteiger charge is -2.40. The first-order valence-corrected chi connectivity index (χ1v) is 7.79. The minimum Gasteiger partial charge on any atom is -0.368 e. The highest BCUT2D eigenvalue weighted by Crippen LogP contribution is 2.22. The lowest BCUT2D eigenvalue weighted by molar-refractivity contribution is 0.425. The first kappa shape index (κ1) is 13.9. The van der Waals surface area contributed by atoms with E-state index in [1.165, 1.54) is 0 Å². The number of aryl methyl sites for hydroxylation is 1. The fourth-order valence-electron chi connectivity index (χ4n) is 2.74. The lowest BCUT2D eigenvalue weighted by Crippen LogP contribution is -2.50. The fourth-order valence-corrected chi connectivity index (χ4v) is 2.74. The van der Waals surface area contributed by atoms with Crippen molar-refractivity contribution < 1.29 is 0 Å². The van der Waals surface area contributed by atoms with Crippen molar-refractivity contribution in [2.24, 2.45) is 5.92 Å². The summed E-state index contributed by atoms with van der Waals surface area (Å²) in [5.41, 5.74) is 2.79. The van der Waals surface area contributed by atoms with E-state index in [0.717, 1.165) is 48.0 Å². The van der Waals surface area contributed by atoms with E-state index in [4.69, 9.17) is 0 Å². The van der Waals surface area contributed by atoms with Gasteiger partial charge in [0.2, 0.25) is 0 Å². The second-order valence-corrected chi connectivity index (χ2v) is 5.93. The average Bonchev–Trinajstić information content (AvgIpc) is 2.55. The van der Waals surface area contributed by atoms with Gasteiger partial charge in [0.1, 0.15) is 5.82 Å². The molecule has 1 N–H and O–H groups in total. The summed E-state index contributed by atoms with van der Waals surface area (Å²) in [7, 11) is 0. The van der Waals surface area contributed by atoms with E-state index in [2.05, 4.69) is 30.4 Å². The molecule has 3 heterocycles.